The Morgan fingerprint density at radius 1 is 1.12 bits per heavy atom. The number of hydrogen-bond acceptors (Lipinski definition) is 4. The molecule has 0 unspecified atom stereocenters. The standard InChI is InChI=1S/C22H19NO3/c1-25-20-9-4-6-17(14-20)7-5-13-26-22(24)12-11-19-16-23-15-18-8-2-3-10-21(18)19/h2-4,6,8-10,14-16H,11-13H2,1H3. The van der Waals surface area contributed by atoms with E-state index < -0.39 is 0 Å². The SMILES string of the molecule is COc1cccc(C#CCOC(=O)CCc2cncc3ccccc23)c1. The zero-order valence-corrected chi connectivity index (χ0v) is 14.6. The third-order valence-electron chi connectivity index (χ3n) is 3.96. The number of nitrogens with zero attached hydrogens (tertiary/aromatic N) is 1. The van der Waals surface area contributed by atoms with E-state index in [0.29, 0.717) is 12.8 Å². The highest BCUT2D eigenvalue weighted by molar-refractivity contribution is 5.85. The molecule has 0 radical (unpaired) electrons. The van der Waals surface area contributed by atoms with Gasteiger partial charge in [-0.3, -0.25) is 9.78 Å². The van der Waals surface area contributed by atoms with Gasteiger partial charge in [0.05, 0.1) is 7.11 Å². The topological polar surface area (TPSA) is 48.4 Å². The molecule has 3 rings (SSSR count). The van der Waals surface area contributed by atoms with Crippen LogP contribution in [0.4, 0.5) is 0 Å². The van der Waals surface area contributed by atoms with Crippen molar-refractivity contribution in [3.63, 3.8) is 0 Å². The highest BCUT2D eigenvalue weighted by Gasteiger charge is 2.06. The molecule has 4 heteroatoms. The number of aryl methyl sites for hydroxylation is 1. The second-order valence-electron chi connectivity index (χ2n) is 5.71. The first-order valence-electron chi connectivity index (χ1n) is 8.36. The molecule has 2 aromatic carbocycles. The van der Waals surface area contributed by atoms with Crippen LogP contribution in [-0.4, -0.2) is 24.7 Å². The summed E-state index contributed by atoms with van der Waals surface area (Å²) in [5.74, 6) is 6.29. The van der Waals surface area contributed by atoms with Crippen molar-refractivity contribution in [3.05, 3.63) is 72.1 Å². The molecule has 0 N–H and O–H groups in total. The van der Waals surface area contributed by atoms with Gasteiger partial charge in [-0.2, -0.15) is 0 Å². The van der Waals surface area contributed by atoms with Gasteiger partial charge in [0.25, 0.3) is 0 Å². The minimum absolute atomic E-state index is 0.0732. The largest absolute Gasteiger partial charge is 0.497 e. The first kappa shape index (κ1) is 17.5. The van der Waals surface area contributed by atoms with Gasteiger partial charge < -0.3 is 9.47 Å². The maximum Gasteiger partial charge on any atom is 0.307 e. The molecule has 0 bridgehead atoms. The maximum absolute atomic E-state index is 11.9. The molecule has 26 heavy (non-hydrogen) atoms. The van der Waals surface area contributed by atoms with Gasteiger partial charge in [0.15, 0.2) is 6.61 Å². The number of carbonyl (C=O) groups is 1. The van der Waals surface area contributed by atoms with Crippen LogP contribution in [-0.2, 0) is 16.0 Å². The van der Waals surface area contributed by atoms with Gasteiger partial charge in [0.1, 0.15) is 5.75 Å². The number of fused-ring (bicyclic) bond motifs is 1. The molecule has 0 aliphatic heterocycles. The smallest absolute Gasteiger partial charge is 0.307 e. The molecule has 1 heterocycles. The predicted octanol–water partition coefficient (Wildman–Crippen LogP) is 3.77. The molecule has 0 aliphatic rings. The summed E-state index contributed by atoms with van der Waals surface area (Å²) in [7, 11) is 1.61. The number of rotatable bonds is 5. The maximum atomic E-state index is 11.9. The Hall–Kier alpha value is -3.32. The summed E-state index contributed by atoms with van der Waals surface area (Å²) in [6.45, 7) is 0.0732. The quantitative estimate of drug-likeness (QED) is 0.522. The lowest BCUT2D eigenvalue weighted by atomic mass is 10.0. The Bertz CT molecular complexity index is 964. The Balaban J connectivity index is 1.51. The van der Waals surface area contributed by atoms with Gasteiger partial charge >= 0.3 is 5.97 Å². The fraction of sp³-hybridized carbons (Fsp3) is 0.182. The van der Waals surface area contributed by atoms with Gasteiger partial charge in [-0.1, -0.05) is 42.2 Å². The first-order valence-corrected chi connectivity index (χ1v) is 8.36. The second-order valence-corrected chi connectivity index (χ2v) is 5.71. The Morgan fingerprint density at radius 3 is 2.88 bits per heavy atom. The molecular formula is C22H19NO3. The van der Waals surface area contributed by atoms with Gasteiger partial charge in [0, 0.05) is 29.8 Å². The molecule has 0 aliphatic carbocycles. The Morgan fingerprint density at radius 2 is 2.00 bits per heavy atom. The number of aromatic nitrogens is 1. The van der Waals surface area contributed by atoms with Crippen LogP contribution >= 0.6 is 0 Å². The van der Waals surface area contributed by atoms with E-state index in [9.17, 15) is 4.79 Å². The van der Waals surface area contributed by atoms with Gasteiger partial charge in [-0.25, -0.2) is 0 Å². The molecule has 4 nitrogen and oxygen atoms in total. The number of pyridine rings is 1. The number of methoxy groups -OCH3 is 1. The number of hydrogen-bond donors (Lipinski definition) is 0. The van der Waals surface area contributed by atoms with Crippen molar-refractivity contribution in [1.82, 2.24) is 4.98 Å². The third kappa shape index (κ3) is 4.61. The molecule has 130 valence electrons. The minimum Gasteiger partial charge on any atom is -0.497 e. The highest BCUT2D eigenvalue weighted by Crippen LogP contribution is 2.18. The van der Waals surface area contributed by atoms with Crippen LogP contribution in [0.3, 0.4) is 0 Å². The second kappa shape index (κ2) is 8.68. The van der Waals surface area contributed by atoms with Crippen LogP contribution in [0.15, 0.2) is 60.9 Å². The Kier molecular flexibility index (Phi) is 5.84. The summed E-state index contributed by atoms with van der Waals surface area (Å²) in [6, 6.07) is 15.4. The molecule has 0 amide bonds. The normalized spacial score (nSPS) is 10.0. The fourth-order valence-corrected chi connectivity index (χ4v) is 2.64. The highest BCUT2D eigenvalue weighted by atomic mass is 16.5. The van der Waals surface area contributed by atoms with E-state index in [2.05, 4.69) is 16.8 Å². The summed E-state index contributed by atoms with van der Waals surface area (Å²) in [5, 5.41) is 2.19. The monoisotopic (exact) mass is 345 g/mol. The van der Waals surface area contributed by atoms with Crippen molar-refractivity contribution >= 4 is 16.7 Å². The van der Waals surface area contributed by atoms with Crippen LogP contribution in [0.25, 0.3) is 10.8 Å². The summed E-state index contributed by atoms with van der Waals surface area (Å²) < 4.78 is 10.3. The van der Waals surface area contributed by atoms with E-state index in [4.69, 9.17) is 9.47 Å². The summed E-state index contributed by atoms with van der Waals surface area (Å²) >= 11 is 0. The molecule has 0 fully saturated rings. The van der Waals surface area contributed by atoms with Gasteiger partial charge in [-0.05, 0) is 35.6 Å². The van der Waals surface area contributed by atoms with Crippen LogP contribution < -0.4 is 4.74 Å². The molecule has 0 atom stereocenters. The van der Waals surface area contributed by atoms with Crippen molar-refractivity contribution in [2.45, 2.75) is 12.8 Å². The number of benzene rings is 2. The zero-order chi connectivity index (χ0) is 18.2. The van der Waals surface area contributed by atoms with E-state index in [-0.39, 0.29) is 12.6 Å². The van der Waals surface area contributed by atoms with E-state index >= 15 is 0 Å². The molecular weight excluding hydrogens is 326 g/mol. The van der Waals surface area contributed by atoms with Crippen LogP contribution in [0.2, 0.25) is 0 Å². The number of carbonyl (C=O) groups excluding carboxylic acids is 1. The van der Waals surface area contributed by atoms with Crippen molar-refractivity contribution in [2.24, 2.45) is 0 Å². The summed E-state index contributed by atoms with van der Waals surface area (Å²) in [6.07, 6.45) is 4.52. The molecule has 0 saturated carbocycles. The summed E-state index contributed by atoms with van der Waals surface area (Å²) in [5.41, 5.74) is 1.87. The van der Waals surface area contributed by atoms with Crippen LogP contribution in [0.5, 0.6) is 5.75 Å². The average molecular weight is 345 g/mol. The van der Waals surface area contributed by atoms with Gasteiger partial charge in [-0.15, -0.1) is 0 Å². The van der Waals surface area contributed by atoms with Crippen molar-refractivity contribution in [2.75, 3.05) is 13.7 Å². The third-order valence-corrected chi connectivity index (χ3v) is 3.96. The lowest BCUT2D eigenvalue weighted by Gasteiger charge is -2.05. The summed E-state index contributed by atoms with van der Waals surface area (Å²) in [4.78, 5) is 16.2. The Labute approximate surface area is 152 Å². The van der Waals surface area contributed by atoms with Crippen molar-refractivity contribution < 1.29 is 14.3 Å². The van der Waals surface area contributed by atoms with E-state index in [1.807, 2.05) is 54.7 Å². The minimum atomic E-state index is -0.266. The van der Waals surface area contributed by atoms with Gasteiger partial charge in [0.2, 0.25) is 0 Å². The molecule has 3 aromatic rings. The van der Waals surface area contributed by atoms with Crippen LogP contribution in [0.1, 0.15) is 17.5 Å². The molecule has 0 spiro atoms. The van der Waals surface area contributed by atoms with E-state index in [1.54, 1.807) is 13.3 Å². The lowest BCUT2D eigenvalue weighted by molar-refractivity contribution is -0.142. The molecule has 1 aromatic heterocycles. The average Bonchev–Trinajstić information content (AvgIpc) is 2.69. The van der Waals surface area contributed by atoms with Crippen molar-refractivity contribution in [1.29, 1.82) is 0 Å². The fourth-order valence-electron chi connectivity index (χ4n) is 2.64. The first-order chi connectivity index (χ1) is 12.8. The van der Waals surface area contributed by atoms with Crippen LogP contribution in [0, 0.1) is 11.8 Å². The van der Waals surface area contributed by atoms with E-state index in [1.165, 1.54) is 0 Å². The van der Waals surface area contributed by atoms with Crippen molar-refractivity contribution in [3.8, 4) is 17.6 Å². The zero-order valence-electron chi connectivity index (χ0n) is 14.6. The number of ether oxygens (including phenoxy) is 2. The lowest BCUT2D eigenvalue weighted by Crippen LogP contribution is -2.06. The number of esters is 1. The predicted molar refractivity (Wildman–Crippen MR) is 101 cm³/mol. The molecule has 0 saturated heterocycles. The van der Waals surface area contributed by atoms with E-state index in [0.717, 1.165) is 27.6 Å².